The number of piperazine rings is 1. The number of amides is 1. The van der Waals surface area contributed by atoms with Crippen molar-refractivity contribution in [2.75, 3.05) is 26.2 Å². The van der Waals surface area contributed by atoms with Crippen LogP contribution in [0.3, 0.4) is 0 Å². The van der Waals surface area contributed by atoms with Crippen molar-refractivity contribution in [3.8, 4) is 5.75 Å². The second-order valence-corrected chi connectivity index (χ2v) is 8.96. The molecule has 1 aromatic rings. The molecule has 0 spiro atoms. The Morgan fingerprint density at radius 3 is 2.00 bits per heavy atom. The maximum Gasteiger partial charge on any atom is 0.573 e. The van der Waals surface area contributed by atoms with E-state index in [1.165, 1.54) is 21.3 Å². The van der Waals surface area contributed by atoms with E-state index in [0.717, 1.165) is 12.1 Å². The van der Waals surface area contributed by atoms with Crippen molar-refractivity contribution >= 4 is 16.9 Å². The molecule has 7 nitrogen and oxygen atoms in total. The fourth-order valence-electron chi connectivity index (χ4n) is 2.42. The summed E-state index contributed by atoms with van der Waals surface area (Å²) in [6, 6.07) is 4.40. The molecule has 1 fully saturated rings. The van der Waals surface area contributed by atoms with Crippen LogP contribution in [0.2, 0.25) is 0 Å². The van der Waals surface area contributed by atoms with Crippen molar-refractivity contribution in [2.45, 2.75) is 37.6 Å². The minimum atomic E-state index is -4.82. The van der Waals surface area contributed by atoms with Crippen LogP contribution >= 0.6 is 10.8 Å². The summed E-state index contributed by atoms with van der Waals surface area (Å²) in [5, 5.41) is 0. The zero-order valence-electron chi connectivity index (χ0n) is 15.2. The highest BCUT2D eigenvalue weighted by Gasteiger charge is 2.33. The molecule has 0 saturated carbocycles. The highest BCUT2D eigenvalue weighted by atomic mass is 32.3. The molecule has 0 aliphatic carbocycles. The number of rotatable bonds is 3. The summed E-state index contributed by atoms with van der Waals surface area (Å²) in [6.45, 7) is 6.10. The third-order valence-corrected chi connectivity index (χ3v) is 5.61. The molecule has 0 radical (unpaired) electrons. The van der Waals surface area contributed by atoms with Crippen LogP contribution in [0, 0.1) is 0 Å². The second kappa shape index (κ2) is 7.74. The minimum Gasteiger partial charge on any atom is -0.444 e. The molecule has 2 rings (SSSR count). The molecule has 1 aliphatic heterocycles. The van der Waals surface area contributed by atoms with E-state index >= 15 is 0 Å². The molecule has 1 amide bonds. The summed E-state index contributed by atoms with van der Waals surface area (Å²) in [4.78, 5) is 13.6. The van der Waals surface area contributed by atoms with E-state index in [4.69, 9.17) is 4.74 Å². The SMILES string of the molecule is CC(C)(C)OC(=O)N1CCN(S(O)(O)c2ccc(OC(F)(F)F)cc2)CC1. The lowest BCUT2D eigenvalue weighted by molar-refractivity contribution is -0.274. The maximum absolute atomic E-state index is 12.2. The number of benzene rings is 1. The van der Waals surface area contributed by atoms with E-state index in [2.05, 4.69) is 4.74 Å². The summed E-state index contributed by atoms with van der Waals surface area (Å²) >= 11 is 0. The molecular weight excluding hydrogens is 389 g/mol. The van der Waals surface area contributed by atoms with Gasteiger partial charge in [-0.3, -0.25) is 9.11 Å². The van der Waals surface area contributed by atoms with Crippen molar-refractivity contribution in [3.05, 3.63) is 24.3 Å². The van der Waals surface area contributed by atoms with E-state index in [0.29, 0.717) is 0 Å². The summed E-state index contributed by atoms with van der Waals surface area (Å²) in [7, 11) is -3.39. The van der Waals surface area contributed by atoms with Crippen LogP contribution in [-0.2, 0) is 4.74 Å². The summed E-state index contributed by atoms with van der Waals surface area (Å²) in [5.41, 5.74) is -0.628. The van der Waals surface area contributed by atoms with Crippen molar-refractivity contribution in [2.24, 2.45) is 0 Å². The average Bonchev–Trinajstić information content (AvgIpc) is 2.52. The second-order valence-electron chi connectivity index (χ2n) is 6.93. The lowest BCUT2D eigenvalue weighted by atomic mass is 10.2. The highest BCUT2D eigenvalue weighted by Crippen LogP contribution is 2.52. The first kappa shape index (κ1) is 21.6. The van der Waals surface area contributed by atoms with Gasteiger partial charge in [-0.1, -0.05) is 0 Å². The van der Waals surface area contributed by atoms with Gasteiger partial charge < -0.3 is 14.4 Å². The molecule has 1 aromatic carbocycles. The molecular formula is C16H23F3N2O5S. The van der Waals surface area contributed by atoms with E-state index in [1.807, 2.05) is 0 Å². The molecule has 27 heavy (non-hydrogen) atoms. The van der Waals surface area contributed by atoms with Crippen LogP contribution in [0.1, 0.15) is 20.8 Å². The first-order chi connectivity index (χ1) is 12.3. The Balaban J connectivity index is 1.99. The predicted octanol–water partition coefficient (Wildman–Crippen LogP) is 4.16. The smallest absolute Gasteiger partial charge is 0.444 e. The normalized spacial score (nSPS) is 17.6. The third-order valence-electron chi connectivity index (χ3n) is 3.62. The van der Waals surface area contributed by atoms with E-state index in [-0.39, 0.29) is 31.1 Å². The Labute approximate surface area is 157 Å². The lowest BCUT2D eigenvalue weighted by Gasteiger charge is -2.46. The first-order valence-corrected chi connectivity index (χ1v) is 9.65. The zero-order chi connectivity index (χ0) is 20.5. The molecule has 1 saturated heterocycles. The number of alkyl halides is 3. The van der Waals surface area contributed by atoms with E-state index in [1.54, 1.807) is 20.8 Å². The predicted molar refractivity (Wildman–Crippen MR) is 93.6 cm³/mol. The number of ether oxygens (including phenoxy) is 2. The fourth-order valence-corrected chi connectivity index (χ4v) is 3.90. The van der Waals surface area contributed by atoms with Gasteiger partial charge in [-0.2, -0.15) is 4.31 Å². The number of hydrogen-bond acceptors (Lipinski definition) is 6. The zero-order valence-corrected chi connectivity index (χ0v) is 16.0. The Morgan fingerprint density at radius 2 is 1.56 bits per heavy atom. The summed E-state index contributed by atoms with van der Waals surface area (Å²) in [6.07, 6.45) is -5.30. The molecule has 2 N–H and O–H groups in total. The number of halogens is 3. The van der Waals surface area contributed by atoms with Gasteiger partial charge in [-0.25, -0.2) is 4.79 Å². The summed E-state index contributed by atoms with van der Waals surface area (Å²) < 4.78 is 68.1. The Bertz CT molecular complexity index is 654. The Morgan fingerprint density at radius 1 is 1.04 bits per heavy atom. The molecule has 154 valence electrons. The topological polar surface area (TPSA) is 82.5 Å². The lowest BCUT2D eigenvalue weighted by Crippen LogP contribution is -2.50. The summed E-state index contributed by atoms with van der Waals surface area (Å²) in [5.74, 6) is -0.448. The van der Waals surface area contributed by atoms with Gasteiger partial charge in [0.25, 0.3) is 0 Å². The number of hydrogen-bond donors (Lipinski definition) is 2. The van der Waals surface area contributed by atoms with Gasteiger partial charge in [0.2, 0.25) is 0 Å². The fraction of sp³-hybridized carbons (Fsp3) is 0.562. The quantitative estimate of drug-likeness (QED) is 0.776. The molecule has 0 atom stereocenters. The third kappa shape index (κ3) is 6.16. The van der Waals surface area contributed by atoms with Gasteiger partial charge >= 0.3 is 12.5 Å². The molecule has 0 unspecified atom stereocenters. The van der Waals surface area contributed by atoms with Crippen LogP contribution in [0.25, 0.3) is 0 Å². The van der Waals surface area contributed by atoms with Crippen molar-refractivity contribution in [3.63, 3.8) is 0 Å². The van der Waals surface area contributed by atoms with Crippen molar-refractivity contribution < 1.29 is 36.5 Å². The largest absolute Gasteiger partial charge is 0.573 e. The molecule has 0 bridgehead atoms. The molecule has 1 aliphatic rings. The van der Waals surface area contributed by atoms with Gasteiger partial charge in [-0.15, -0.1) is 23.9 Å². The number of carbonyl (C=O) groups is 1. The Kier molecular flexibility index (Phi) is 6.19. The highest BCUT2D eigenvalue weighted by molar-refractivity contribution is 8.22. The number of carbonyl (C=O) groups excluding carboxylic acids is 1. The van der Waals surface area contributed by atoms with Crippen LogP contribution in [-0.4, -0.2) is 62.5 Å². The van der Waals surface area contributed by atoms with Gasteiger partial charge in [0.05, 0.1) is 4.90 Å². The molecule has 11 heteroatoms. The van der Waals surface area contributed by atoms with Crippen molar-refractivity contribution in [1.82, 2.24) is 9.21 Å². The van der Waals surface area contributed by atoms with Gasteiger partial charge in [-0.05, 0) is 45.0 Å². The van der Waals surface area contributed by atoms with Gasteiger partial charge in [0, 0.05) is 26.2 Å². The first-order valence-electron chi connectivity index (χ1n) is 8.15. The van der Waals surface area contributed by atoms with Crippen molar-refractivity contribution in [1.29, 1.82) is 0 Å². The number of nitrogens with zero attached hydrogens (tertiary/aromatic N) is 2. The maximum atomic E-state index is 12.2. The molecule has 0 aromatic heterocycles. The van der Waals surface area contributed by atoms with Crippen LogP contribution in [0.5, 0.6) is 5.75 Å². The standard InChI is InChI=1S/C16H23F3N2O5S/c1-15(2,3)26-14(22)20-8-10-21(11-9-20)27(23,24)13-6-4-12(5-7-13)25-16(17,18)19/h4-7,23-24H,8-11H2,1-3H3. The minimum absolute atomic E-state index is 0.0720. The van der Waals surface area contributed by atoms with E-state index in [9.17, 15) is 27.1 Å². The average molecular weight is 412 g/mol. The molecule has 1 heterocycles. The van der Waals surface area contributed by atoms with E-state index < -0.39 is 34.6 Å². The van der Waals surface area contributed by atoms with Crippen LogP contribution in [0.15, 0.2) is 29.2 Å². The van der Waals surface area contributed by atoms with Crippen LogP contribution < -0.4 is 4.74 Å². The van der Waals surface area contributed by atoms with Gasteiger partial charge in [0.15, 0.2) is 0 Å². The Hall–Kier alpha value is -1.69. The monoisotopic (exact) mass is 412 g/mol. The van der Waals surface area contributed by atoms with Gasteiger partial charge in [0.1, 0.15) is 11.4 Å². The van der Waals surface area contributed by atoms with Crippen LogP contribution in [0.4, 0.5) is 18.0 Å².